The molecule has 0 spiro atoms. The second kappa shape index (κ2) is 8.98. The molecule has 2 rings (SSSR count). The number of pyridine rings is 1. The van der Waals surface area contributed by atoms with Gasteiger partial charge in [0, 0.05) is 30.5 Å². The van der Waals surface area contributed by atoms with Gasteiger partial charge >= 0.3 is 0 Å². The Kier molecular flexibility index (Phi) is 6.69. The van der Waals surface area contributed by atoms with Gasteiger partial charge in [-0.15, -0.1) is 0 Å². The van der Waals surface area contributed by atoms with Gasteiger partial charge in [-0.05, 0) is 45.3 Å². The molecule has 1 amide bonds. The maximum absolute atomic E-state index is 13.6. The largest absolute Gasteiger partial charge is 0.385 e. The number of carbonyl (C=O) groups is 1. The minimum Gasteiger partial charge on any atom is -0.385 e. The van der Waals surface area contributed by atoms with Crippen molar-refractivity contribution in [3.8, 4) is 0 Å². The number of hydrogen-bond donors (Lipinski definition) is 2. The first-order valence-electron chi connectivity index (χ1n) is 7.92. The predicted molar refractivity (Wildman–Crippen MR) is 93.5 cm³/mol. The summed E-state index contributed by atoms with van der Waals surface area (Å²) in [6.45, 7) is 1.94. The zero-order valence-corrected chi connectivity index (χ0v) is 14.1. The van der Waals surface area contributed by atoms with Crippen LogP contribution >= 0.6 is 0 Å². The van der Waals surface area contributed by atoms with Gasteiger partial charge in [-0.25, -0.2) is 4.39 Å². The van der Waals surface area contributed by atoms with Crippen molar-refractivity contribution in [1.29, 1.82) is 0 Å². The van der Waals surface area contributed by atoms with E-state index in [-0.39, 0.29) is 18.3 Å². The van der Waals surface area contributed by atoms with Gasteiger partial charge in [-0.3, -0.25) is 9.78 Å². The third-order valence-corrected chi connectivity index (χ3v) is 3.50. The summed E-state index contributed by atoms with van der Waals surface area (Å²) in [6.07, 6.45) is 2.59. The number of amides is 1. The summed E-state index contributed by atoms with van der Waals surface area (Å²) in [5.41, 5.74) is 1.60. The van der Waals surface area contributed by atoms with Gasteiger partial charge in [0.05, 0.1) is 0 Å². The molecule has 5 nitrogen and oxygen atoms in total. The average Bonchev–Trinajstić information content (AvgIpc) is 2.58. The van der Waals surface area contributed by atoms with Crippen LogP contribution in [0.2, 0.25) is 0 Å². The molecule has 0 fully saturated rings. The van der Waals surface area contributed by atoms with Crippen molar-refractivity contribution >= 4 is 11.6 Å². The Labute approximate surface area is 141 Å². The zero-order chi connectivity index (χ0) is 17.4. The van der Waals surface area contributed by atoms with Crippen molar-refractivity contribution in [1.82, 2.24) is 15.2 Å². The van der Waals surface area contributed by atoms with Gasteiger partial charge in [0.15, 0.2) is 0 Å². The number of carbonyl (C=O) groups excluding carboxylic acids is 1. The standard InChI is InChI=1S/C18H23FN4O/c1-23(2)11-5-9-20-15-8-10-21-17(12-15)18(24)22-13-14-6-3-4-7-16(14)19/h3-4,6-8,10,12H,5,9,11,13H2,1-2H3,(H,20,21)(H,22,24). The monoisotopic (exact) mass is 330 g/mol. The van der Waals surface area contributed by atoms with Gasteiger partial charge in [-0.1, -0.05) is 18.2 Å². The maximum Gasteiger partial charge on any atom is 0.270 e. The zero-order valence-electron chi connectivity index (χ0n) is 14.1. The fraction of sp³-hybridized carbons (Fsp3) is 0.333. The van der Waals surface area contributed by atoms with Crippen LogP contribution in [0, 0.1) is 5.82 Å². The van der Waals surface area contributed by atoms with Crippen LogP contribution in [-0.2, 0) is 6.54 Å². The van der Waals surface area contributed by atoms with Gasteiger partial charge < -0.3 is 15.5 Å². The molecule has 0 bridgehead atoms. The maximum atomic E-state index is 13.6. The van der Waals surface area contributed by atoms with Crippen molar-refractivity contribution < 1.29 is 9.18 Å². The van der Waals surface area contributed by atoms with Crippen molar-refractivity contribution in [3.05, 3.63) is 59.7 Å². The summed E-state index contributed by atoms with van der Waals surface area (Å²) in [7, 11) is 4.06. The second-order valence-corrected chi connectivity index (χ2v) is 5.79. The number of anilines is 1. The summed E-state index contributed by atoms with van der Waals surface area (Å²) in [5.74, 6) is -0.655. The summed E-state index contributed by atoms with van der Waals surface area (Å²) in [5, 5.41) is 5.96. The Bertz CT molecular complexity index is 676. The summed E-state index contributed by atoms with van der Waals surface area (Å²) >= 11 is 0. The molecule has 1 aromatic heterocycles. The number of aromatic nitrogens is 1. The number of nitrogens with zero attached hydrogens (tertiary/aromatic N) is 2. The number of halogens is 1. The van der Waals surface area contributed by atoms with Crippen molar-refractivity contribution in [2.75, 3.05) is 32.5 Å². The third kappa shape index (κ3) is 5.62. The van der Waals surface area contributed by atoms with E-state index in [1.807, 2.05) is 20.2 Å². The van der Waals surface area contributed by atoms with E-state index in [2.05, 4.69) is 20.5 Å². The van der Waals surface area contributed by atoms with E-state index in [0.717, 1.165) is 25.2 Å². The highest BCUT2D eigenvalue weighted by Crippen LogP contribution is 2.09. The number of hydrogen-bond acceptors (Lipinski definition) is 4. The van der Waals surface area contributed by atoms with E-state index >= 15 is 0 Å². The van der Waals surface area contributed by atoms with E-state index in [4.69, 9.17) is 0 Å². The quantitative estimate of drug-likeness (QED) is 0.730. The molecule has 0 aliphatic rings. The molecular formula is C18H23FN4O. The second-order valence-electron chi connectivity index (χ2n) is 5.79. The van der Waals surface area contributed by atoms with Crippen LogP contribution in [0.3, 0.4) is 0 Å². The Hall–Kier alpha value is -2.47. The van der Waals surface area contributed by atoms with Gasteiger partial charge in [0.25, 0.3) is 5.91 Å². The lowest BCUT2D eigenvalue weighted by molar-refractivity contribution is 0.0945. The molecule has 6 heteroatoms. The van der Waals surface area contributed by atoms with E-state index < -0.39 is 0 Å². The van der Waals surface area contributed by atoms with E-state index in [0.29, 0.717) is 11.3 Å². The van der Waals surface area contributed by atoms with Crippen LogP contribution in [0.1, 0.15) is 22.5 Å². The molecule has 1 aromatic carbocycles. The first-order chi connectivity index (χ1) is 11.6. The Balaban J connectivity index is 1.88. The first-order valence-corrected chi connectivity index (χ1v) is 7.92. The number of rotatable bonds is 8. The molecule has 0 atom stereocenters. The molecule has 128 valence electrons. The van der Waals surface area contributed by atoms with Gasteiger partial charge in [0.2, 0.25) is 0 Å². The molecular weight excluding hydrogens is 307 g/mol. The molecule has 0 aliphatic carbocycles. The smallest absolute Gasteiger partial charge is 0.270 e. The first kappa shape index (κ1) is 17.9. The van der Waals surface area contributed by atoms with Crippen LogP contribution in [-0.4, -0.2) is 43.0 Å². The molecule has 24 heavy (non-hydrogen) atoms. The lowest BCUT2D eigenvalue weighted by atomic mass is 10.2. The third-order valence-electron chi connectivity index (χ3n) is 3.50. The topological polar surface area (TPSA) is 57.3 Å². The van der Waals surface area contributed by atoms with E-state index in [1.54, 1.807) is 30.5 Å². The van der Waals surface area contributed by atoms with Crippen LogP contribution in [0.15, 0.2) is 42.6 Å². The van der Waals surface area contributed by atoms with Crippen LogP contribution in [0.5, 0.6) is 0 Å². The number of nitrogens with one attached hydrogen (secondary N) is 2. The normalized spacial score (nSPS) is 10.7. The Morgan fingerprint density at radius 3 is 2.79 bits per heavy atom. The van der Waals surface area contributed by atoms with Gasteiger partial charge in [0.1, 0.15) is 11.5 Å². The van der Waals surface area contributed by atoms with Crippen molar-refractivity contribution in [2.24, 2.45) is 0 Å². The van der Waals surface area contributed by atoms with Gasteiger partial charge in [-0.2, -0.15) is 0 Å². The molecule has 0 saturated heterocycles. The van der Waals surface area contributed by atoms with E-state index in [1.165, 1.54) is 6.07 Å². The van der Waals surface area contributed by atoms with Crippen molar-refractivity contribution in [3.63, 3.8) is 0 Å². The molecule has 0 aliphatic heterocycles. The minimum atomic E-state index is -0.331. The lowest BCUT2D eigenvalue weighted by Gasteiger charge is -2.11. The SMILES string of the molecule is CN(C)CCCNc1ccnc(C(=O)NCc2ccccc2F)c1. The molecule has 0 unspecified atom stereocenters. The molecule has 1 heterocycles. The van der Waals surface area contributed by atoms with Crippen LogP contribution in [0.25, 0.3) is 0 Å². The summed E-state index contributed by atoms with van der Waals surface area (Å²) < 4.78 is 13.6. The molecule has 2 N–H and O–H groups in total. The Morgan fingerprint density at radius 1 is 1.25 bits per heavy atom. The Morgan fingerprint density at radius 2 is 2.04 bits per heavy atom. The average molecular weight is 330 g/mol. The highest BCUT2D eigenvalue weighted by Gasteiger charge is 2.09. The highest BCUT2D eigenvalue weighted by molar-refractivity contribution is 5.93. The minimum absolute atomic E-state index is 0.133. The van der Waals surface area contributed by atoms with E-state index in [9.17, 15) is 9.18 Å². The highest BCUT2D eigenvalue weighted by atomic mass is 19.1. The van der Waals surface area contributed by atoms with Crippen LogP contribution < -0.4 is 10.6 Å². The molecule has 0 saturated carbocycles. The number of benzene rings is 1. The fourth-order valence-corrected chi connectivity index (χ4v) is 2.20. The molecule has 0 radical (unpaired) electrons. The summed E-state index contributed by atoms with van der Waals surface area (Å²) in [4.78, 5) is 18.4. The fourth-order valence-electron chi connectivity index (χ4n) is 2.20. The lowest BCUT2D eigenvalue weighted by Crippen LogP contribution is -2.24. The predicted octanol–water partition coefficient (Wildman–Crippen LogP) is 2.51. The van der Waals surface area contributed by atoms with Crippen molar-refractivity contribution in [2.45, 2.75) is 13.0 Å². The van der Waals surface area contributed by atoms with Crippen LogP contribution in [0.4, 0.5) is 10.1 Å². The summed E-state index contributed by atoms with van der Waals surface area (Å²) in [6, 6.07) is 9.90. The molecule has 2 aromatic rings.